The summed E-state index contributed by atoms with van der Waals surface area (Å²) in [4.78, 5) is 4.85. The largest absolute Gasteiger partial charge is 0.325 e. The fraction of sp³-hybridized carbons (Fsp3) is 0.833. The number of hydrogen-bond acceptors (Lipinski definition) is 3. The monoisotopic (exact) mass is 308 g/mol. The molecule has 0 radical (unpaired) electrons. The molecule has 0 bridgehead atoms. The van der Waals surface area contributed by atoms with Crippen molar-refractivity contribution in [3.05, 3.63) is 16.1 Å². The lowest BCUT2D eigenvalue weighted by Crippen LogP contribution is -2.41. The van der Waals surface area contributed by atoms with Crippen molar-refractivity contribution in [3.8, 4) is 0 Å². The van der Waals surface area contributed by atoms with Gasteiger partial charge in [-0.25, -0.2) is 4.98 Å². The summed E-state index contributed by atoms with van der Waals surface area (Å²) in [5.74, 6) is 0.904. The second-order valence-corrected chi connectivity index (χ2v) is 8.94. The average molecular weight is 309 g/mol. The molecule has 1 saturated carbocycles. The van der Waals surface area contributed by atoms with Gasteiger partial charge in [-0.3, -0.25) is 0 Å². The molecule has 2 nitrogen and oxygen atoms in total. The zero-order valence-electron chi connectivity index (χ0n) is 14.2. The third kappa shape index (κ3) is 4.79. The first-order valence-electron chi connectivity index (χ1n) is 8.56. The molecule has 0 spiro atoms. The van der Waals surface area contributed by atoms with Crippen molar-refractivity contribution >= 4 is 11.3 Å². The second kappa shape index (κ2) is 6.78. The number of rotatable bonds is 4. The SMILES string of the molecule is CCCC1CCCC(N)(Cc2nc(C(C)(C)C)cs2)CC1. The van der Waals surface area contributed by atoms with Crippen LogP contribution in [0.5, 0.6) is 0 Å². The molecule has 0 saturated heterocycles. The molecule has 1 aliphatic carbocycles. The number of nitrogens with zero attached hydrogens (tertiary/aromatic N) is 1. The van der Waals surface area contributed by atoms with Crippen molar-refractivity contribution in [2.45, 2.75) is 90.0 Å². The quantitative estimate of drug-likeness (QED) is 0.789. The van der Waals surface area contributed by atoms with E-state index >= 15 is 0 Å². The standard InChI is InChI=1S/C18H32N2S/c1-5-7-14-8-6-10-18(19,11-9-14)12-16-20-15(13-21-16)17(2,3)4/h13-14H,5-12,19H2,1-4H3. The van der Waals surface area contributed by atoms with Gasteiger partial charge in [-0.05, 0) is 25.2 Å². The topological polar surface area (TPSA) is 38.9 Å². The van der Waals surface area contributed by atoms with Gasteiger partial charge in [0.25, 0.3) is 0 Å². The molecule has 2 N–H and O–H groups in total. The van der Waals surface area contributed by atoms with Gasteiger partial charge in [0.2, 0.25) is 0 Å². The molecular formula is C18H32N2S. The van der Waals surface area contributed by atoms with Crippen LogP contribution in [-0.4, -0.2) is 10.5 Å². The summed E-state index contributed by atoms with van der Waals surface area (Å²) >= 11 is 1.80. The van der Waals surface area contributed by atoms with E-state index in [9.17, 15) is 0 Å². The molecule has 3 heteroatoms. The highest BCUT2D eigenvalue weighted by Crippen LogP contribution is 2.34. The van der Waals surface area contributed by atoms with E-state index in [-0.39, 0.29) is 11.0 Å². The number of thiazole rings is 1. The Labute approximate surface area is 134 Å². The van der Waals surface area contributed by atoms with Crippen LogP contribution < -0.4 is 5.73 Å². The van der Waals surface area contributed by atoms with Crippen molar-refractivity contribution in [1.82, 2.24) is 4.98 Å². The zero-order chi connectivity index (χ0) is 15.5. The lowest BCUT2D eigenvalue weighted by molar-refractivity contribution is 0.354. The Morgan fingerprint density at radius 2 is 2.10 bits per heavy atom. The van der Waals surface area contributed by atoms with Crippen LogP contribution in [0.25, 0.3) is 0 Å². The van der Waals surface area contributed by atoms with E-state index in [1.807, 2.05) is 0 Å². The van der Waals surface area contributed by atoms with Crippen molar-refractivity contribution in [1.29, 1.82) is 0 Å². The Balaban J connectivity index is 1.99. The summed E-state index contributed by atoms with van der Waals surface area (Å²) in [6.07, 6.45) is 9.95. The molecule has 1 heterocycles. The Morgan fingerprint density at radius 1 is 1.33 bits per heavy atom. The third-order valence-corrected chi connectivity index (χ3v) is 5.71. The zero-order valence-corrected chi connectivity index (χ0v) is 15.1. The maximum atomic E-state index is 6.73. The molecule has 120 valence electrons. The van der Waals surface area contributed by atoms with Crippen LogP contribution in [0.2, 0.25) is 0 Å². The van der Waals surface area contributed by atoms with Crippen LogP contribution in [0.15, 0.2) is 5.38 Å². The molecule has 1 aromatic heterocycles. The molecule has 1 fully saturated rings. The second-order valence-electron chi connectivity index (χ2n) is 8.00. The molecule has 1 aliphatic rings. The summed E-state index contributed by atoms with van der Waals surface area (Å²) < 4.78 is 0. The fourth-order valence-electron chi connectivity index (χ4n) is 3.42. The van der Waals surface area contributed by atoms with Crippen LogP contribution in [0.1, 0.15) is 83.3 Å². The van der Waals surface area contributed by atoms with Gasteiger partial charge in [0.1, 0.15) is 0 Å². The van der Waals surface area contributed by atoms with Gasteiger partial charge in [-0.2, -0.15) is 0 Å². The van der Waals surface area contributed by atoms with E-state index in [4.69, 9.17) is 10.7 Å². The Bertz CT molecular complexity index is 446. The van der Waals surface area contributed by atoms with E-state index in [1.54, 1.807) is 11.3 Å². The molecule has 1 aromatic rings. The fourth-order valence-corrected chi connectivity index (χ4v) is 4.59. The molecular weight excluding hydrogens is 276 g/mol. The van der Waals surface area contributed by atoms with Crippen LogP contribution >= 0.6 is 11.3 Å². The van der Waals surface area contributed by atoms with E-state index in [1.165, 1.54) is 49.2 Å². The first-order chi connectivity index (χ1) is 9.82. The summed E-state index contributed by atoms with van der Waals surface area (Å²) in [6.45, 7) is 8.98. The van der Waals surface area contributed by atoms with Gasteiger partial charge in [-0.1, -0.05) is 53.4 Å². The summed E-state index contributed by atoms with van der Waals surface area (Å²) in [7, 11) is 0. The number of nitrogens with two attached hydrogens (primary N) is 1. The maximum absolute atomic E-state index is 6.73. The minimum atomic E-state index is -0.0184. The normalized spacial score (nSPS) is 27.6. The molecule has 2 atom stereocenters. The predicted octanol–water partition coefficient (Wildman–Crippen LogP) is 5.06. The van der Waals surface area contributed by atoms with Crippen LogP contribution in [0.4, 0.5) is 0 Å². The van der Waals surface area contributed by atoms with Gasteiger partial charge in [-0.15, -0.1) is 11.3 Å². The van der Waals surface area contributed by atoms with E-state index < -0.39 is 0 Å². The first kappa shape index (κ1) is 17.0. The molecule has 0 amide bonds. The van der Waals surface area contributed by atoms with Crippen molar-refractivity contribution in [2.24, 2.45) is 11.7 Å². The van der Waals surface area contributed by atoms with Gasteiger partial charge in [0, 0.05) is 22.8 Å². The predicted molar refractivity (Wildman–Crippen MR) is 92.9 cm³/mol. The smallest absolute Gasteiger partial charge is 0.0946 e. The minimum Gasteiger partial charge on any atom is -0.325 e. The average Bonchev–Trinajstić information content (AvgIpc) is 2.77. The summed E-state index contributed by atoms with van der Waals surface area (Å²) in [5, 5.41) is 3.45. The molecule has 0 aliphatic heterocycles. The Hall–Kier alpha value is -0.410. The highest BCUT2D eigenvalue weighted by Gasteiger charge is 2.30. The van der Waals surface area contributed by atoms with Gasteiger partial charge in [0.05, 0.1) is 10.7 Å². The van der Waals surface area contributed by atoms with Gasteiger partial charge in [0.15, 0.2) is 0 Å². The van der Waals surface area contributed by atoms with Crippen LogP contribution in [0.3, 0.4) is 0 Å². The van der Waals surface area contributed by atoms with E-state index in [2.05, 4.69) is 33.1 Å². The molecule has 0 aromatic carbocycles. The van der Waals surface area contributed by atoms with Gasteiger partial charge >= 0.3 is 0 Å². The minimum absolute atomic E-state index is 0.0184. The molecule has 2 unspecified atom stereocenters. The van der Waals surface area contributed by atoms with Crippen LogP contribution in [-0.2, 0) is 11.8 Å². The lowest BCUT2D eigenvalue weighted by Gasteiger charge is -2.27. The van der Waals surface area contributed by atoms with Crippen molar-refractivity contribution in [3.63, 3.8) is 0 Å². The number of aromatic nitrogens is 1. The highest BCUT2D eigenvalue weighted by atomic mass is 32.1. The van der Waals surface area contributed by atoms with Crippen molar-refractivity contribution < 1.29 is 0 Å². The summed E-state index contributed by atoms with van der Waals surface area (Å²) in [5.41, 5.74) is 8.07. The lowest BCUT2D eigenvalue weighted by atomic mass is 9.87. The molecule has 21 heavy (non-hydrogen) atoms. The Morgan fingerprint density at radius 3 is 2.71 bits per heavy atom. The van der Waals surface area contributed by atoms with E-state index in [0.717, 1.165) is 18.8 Å². The highest BCUT2D eigenvalue weighted by molar-refractivity contribution is 7.09. The van der Waals surface area contributed by atoms with Crippen molar-refractivity contribution in [2.75, 3.05) is 0 Å². The third-order valence-electron chi connectivity index (χ3n) is 4.86. The van der Waals surface area contributed by atoms with Crippen LogP contribution in [0, 0.1) is 5.92 Å². The summed E-state index contributed by atoms with van der Waals surface area (Å²) in [6, 6.07) is 0. The first-order valence-corrected chi connectivity index (χ1v) is 9.44. The maximum Gasteiger partial charge on any atom is 0.0946 e. The molecule has 2 rings (SSSR count). The van der Waals surface area contributed by atoms with Gasteiger partial charge < -0.3 is 5.73 Å². The van der Waals surface area contributed by atoms with E-state index in [0.29, 0.717) is 0 Å². The Kier molecular flexibility index (Phi) is 5.48. The number of hydrogen-bond donors (Lipinski definition) is 1.